The molecule has 0 unspecified atom stereocenters. The highest BCUT2D eigenvalue weighted by Crippen LogP contribution is 2.33. The minimum atomic E-state index is -1.05. The number of likely N-dealkylation sites (tertiary alicyclic amines) is 1. The van der Waals surface area contributed by atoms with Crippen LogP contribution in [0.25, 0.3) is 0 Å². The van der Waals surface area contributed by atoms with E-state index in [4.69, 9.17) is 0 Å². The monoisotopic (exact) mass is 406 g/mol. The molecule has 2 atom stereocenters. The van der Waals surface area contributed by atoms with Gasteiger partial charge in [-0.05, 0) is 37.5 Å². The van der Waals surface area contributed by atoms with Crippen molar-refractivity contribution in [3.8, 4) is 0 Å². The summed E-state index contributed by atoms with van der Waals surface area (Å²) in [7, 11) is 0. The van der Waals surface area contributed by atoms with Gasteiger partial charge in [0.1, 0.15) is 6.04 Å². The Balaban J connectivity index is 1.87. The van der Waals surface area contributed by atoms with Gasteiger partial charge < -0.3 is 14.9 Å². The lowest BCUT2D eigenvalue weighted by molar-refractivity contribution is -0.144. The Morgan fingerprint density at radius 1 is 1.13 bits per heavy atom. The maximum absolute atomic E-state index is 13.6. The van der Waals surface area contributed by atoms with Crippen molar-refractivity contribution >= 4 is 11.8 Å². The minimum absolute atomic E-state index is 0.0877. The summed E-state index contributed by atoms with van der Waals surface area (Å²) in [5, 5.41) is 10.4. The van der Waals surface area contributed by atoms with E-state index >= 15 is 0 Å². The van der Waals surface area contributed by atoms with Crippen molar-refractivity contribution < 1.29 is 14.7 Å². The third-order valence-electron chi connectivity index (χ3n) is 5.42. The van der Waals surface area contributed by atoms with E-state index in [-0.39, 0.29) is 24.3 Å². The van der Waals surface area contributed by atoms with Crippen LogP contribution < -0.4 is 0 Å². The minimum Gasteiger partial charge on any atom is -0.389 e. The van der Waals surface area contributed by atoms with Crippen molar-refractivity contribution in [3.05, 3.63) is 84.4 Å². The molecule has 0 bridgehead atoms. The number of hydrogen-bond acceptors (Lipinski definition) is 3. The number of benzene rings is 2. The fraction of sp³-hybridized carbons (Fsp3) is 0.360. The number of rotatable bonds is 7. The van der Waals surface area contributed by atoms with E-state index in [1.807, 2.05) is 60.7 Å². The molecule has 0 radical (unpaired) electrons. The highest BCUT2D eigenvalue weighted by molar-refractivity contribution is 5.93. The molecule has 1 aliphatic rings. The third-order valence-corrected chi connectivity index (χ3v) is 5.42. The lowest BCUT2D eigenvalue weighted by Crippen LogP contribution is -2.50. The zero-order valence-electron chi connectivity index (χ0n) is 17.7. The molecular weight excluding hydrogens is 376 g/mol. The average molecular weight is 407 g/mol. The molecule has 1 heterocycles. The zero-order valence-corrected chi connectivity index (χ0v) is 17.7. The number of amides is 2. The van der Waals surface area contributed by atoms with Gasteiger partial charge in [0.05, 0.1) is 5.60 Å². The first kappa shape index (κ1) is 21.8. The SMILES string of the molecule is C=CC(=O)N1C[C@H](c2ccccc2)C[C@H]1C(=O)N(Cc1ccccc1)CC(C)(C)O. The van der Waals surface area contributed by atoms with Crippen LogP contribution in [0.15, 0.2) is 73.3 Å². The number of carbonyl (C=O) groups is 2. The highest BCUT2D eigenvalue weighted by atomic mass is 16.3. The van der Waals surface area contributed by atoms with Gasteiger partial charge in [-0.3, -0.25) is 9.59 Å². The summed E-state index contributed by atoms with van der Waals surface area (Å²) < 4.78 is 0. The van der Waals surface area contributed by atoms with E-state index < -0.39 is 11.6 Å². The summed E-state index contributed by atoms with van der Waals surface area (Å²) >= 11 is 0. The van der Waals surface area contributed by atoms with Gasteiger partial charge in [-0.2, -0.15) is 0 Å². The van der Waals surface area contributed by atoms with Crippen molar-refractivity contribution in [1.29, 1.82) is 0 Å². The molecule has 30 heavy (non-hydrogen) atoms. The van der Waals surface area contributed by atoms with E-state index in [0.29, 0.717) is 19.5 Å². The second kappa shape index (κ2) is 9.26. The average Bonchev–Trinajstić information content (AvgIpc) is 3.18. The van der Waals surface area contributed by atoms with E-state index in [2.05, 4.69) is 6.58 Å². The quantitative estimate of drug-likeness (QED) is 0.718. The van der Waals surface area contributed by atoms with Crippen LogP contribution in [0.1, 0.15) is 37.3 Å². The van der Waals surface area contributed by atoms with Gasteiger partial charge in [-0.1, -0.05) is 67.2 Å². The van der Waals surface area contributed by atoms with Gasteiger partial charge >= 0.3 is 0 Å². The summed E-state index contributed by atoms with van der Waals surface area (Å²) in [6.45, 7) is 8.03. The van der Waals surface area contributed by atoms with Crippen LogP contribution in [-0.4, -0.2) is 51.5 Å². The molecule has 2 amide bonds. The smallest absolute Gasteiger partial charge is 0.246 e. The largest absolute Gasteiger partial charge is 0.389 e. The molecule has 2 aromatic carbocycles. The summed E-state index contributed by atoms with van der Waals surface area (Å²) in [5.41, 5.74) is 1.05. The molecule has 5 heteroatoms. The Hall–Kier alpha value is -2.92. The molecule has 158 valence electrons. The first-order valence-electron chi connectivity index (χ1n) is 10.3. The molecule has 1 saturated heterocycles. The van der Waals surface area contributed by atoms with Crippen molar-refractivity contribution in [2.75, 3.05) is 13.1 Å². The molecule has 5 nitrogen and oxygen atoms in total. The normalized spacial score (nSPS) is 18.8. The predicted molar refractivity (Wildman–Crippen MR) is 118 cm³/mol. The fourth-order valence-electron chi connectivity index (χ4n) is 4.09. The first-order chi connectivity index (χ1) is 14.3. The second-order valence-electron chi connectivity index (χ2n) is 8.55. The molecule has 1 aliphatic heterocycles. The van der Waals surface area contributed by atoms with Crippen LogP contribution in [0.5, 0.6) is 0 Å². The van der Waals surface area contributed by atoms with Crippen LogP contribution in [0.4, 0.5) is 0 Å². The number of hydrogen-bond donors (Lipinski definition) is 1. The summed E-state index contributed by atoms with van der Waals surface area (Å²) in [6, 6.07) is 19.1. The number of aliphatic hydroxyl groups is 1. The fourth-order valence-corrected chi connectivity index (χ4v) is 4.09. The third kappa shape index (κ3) is 5.36. The predicted octanol–water partition coefficient (Wildman–Crippen LogP) is 3.36. The van der Waals surface area contributed by atoms with Gasteiger partial charge in [0.15, 0.2) is 0 Å². The molecule has 3 rings (SSSR count). The summed E-state index contributed by atoms with van der Waals surface area (Å²) in [6.07, 6.45) is 1.82. The van der Waals surface area contributed by atoms with E-state index in [1.54, 1.807) is 23.6 Å². The summed E-state index contributed by atoms with van der Waals surface area (Å²) in [4.78, 5) is 29.5. The van der Waals surface area contributed by atoms with Crippen molar-refractivity contribution in [2.45, 2.75) is 44.4 Å². The Kier molecular flexibility index (Phi) is 6.73. The van der Waals surface area contributed by atoms with Gasteiger partial charge in [0.2, 0.25) is 11.8 Å². The summed E-state index contributed by atoms with van der Waals surface area (Å²) in [5.74, 6) is -0.297. The Morgan fingerprint density at radius 2 is 1.73 bits per heavy atom. The zero-order chi connectivity index (χ0) is 21.7. The Labute approximate surface area is 178 Å². The van der Waals surface area contributed by atoms with E-state index in [9.17, 15) is 14.7 Å². The van der Waals surface area contributed by atoms with Crippen LogP contribution in [-0.2, 0) is 16.1 Å². The van der Waals surface area contributed by atoms with Crippen molar-refractivity contribution in [1.82, 2.24) is 9.80 Å². The lowest BCUT2D eigenvalue weighted by atomic mass is 9.96. The number of carbonyl (C=O) groups excluding carboxylic acids is 2. The number of nitrogens with zero attached hydrogens (tertiary/aromatic N) is 2. The van der Waals surface area contributed by atoms with E-state index in [0.717, 1.165) is 11.1 Å². The maximum Gasteiger partial charge on any atom is 0.246 e. The van der Waals surface area contributed by atoms with Crippen LogP contribution in [0.3, 0.4) is 0 Å². The van der Waals surface area contributed by atoms with Crippen LogP contribution in [0, 0.1) is 0 Å². The molecular formula is C25H30N2O3. The second-order valence-corrected chi connectivity index (χ2v) is 8.55. The van der Waals surface area contributed by atoms with Gasteiger partial charge in [-0.15, -0.1) is 0 Å². The Bertz CT molecular complexity index is 874. The molecule has 1 fully saturated rings. The molecule has 0 spiro atoms. The lowest BCUT2D eigenvalue weighted by Gasteiger charge is -2.33. The van der Waals surface area contributed by atoms with Gasteiger partial charge in [0, 0.05) is 25.6 Å². The Morgan fingerprint density at radius 3 is 2.30 bits per heavy atom. The van der Waals surface area contributed by atoms with Gasteiger partial charge in [0.25, 0.3) is 0 Å². The van der Waals surface area contributed by atoms with Crippen LogP contribution >= 0.6 is 0 Å². The highest BCUT2D eigenvalue weighted by Gasteiger charge is 2.41. The first-order valence-corrected chi connectivity index (χ1v) is 10.3. The molecule has 0 aromatic heterocycles. The molecule has 0 aliphatic carbocycles. The van der Waals surface area contributed by atoms with Crippen LogP contribution in [0.2, 0.25) is 0 Å². The maximum atomic E-state index is 13.6. The standard InChI is InChI=1S/C25H30N2O3/c1-4-23(28)27-17-21(20-13-9-6-10-14-20)15-22(27)24(29)26(18-25(2,3)30)16-19-11-7-5-8-12-19/h4-14,21-22,30H,1,15-18H2,2-3H3/t21-,22+/m1/s1. The molecule has 0 saturated carbocycles. The van der Waals surface area contributed by atoms with Crippen molar-refractivity contribution in [2.24, 2.45) is 0 Å². The van der Waals surface area contributed by atoms with Gasteiger partial charge in [-0.25, -0.2) is 0 Å². The van der Waals surface area contributed by atoms with E-state index in [1.165, 1.54) is 6.08 Å². The van der Waals surface area contributed by atoms with Crippen molar-refractivity contribution in [3.63, 3.8) is 0 Å². The molecule has 1 N–H and O–H groups in total. The topological polar surface area (TPSA) is 60.9 Å². The molecule has 2 aromatic rings.